The van der Waals surface area contributed by atoms with E-state index in [0.717, 1.165) is 12.3 Å². The lowest BCUT2D eigenvalue weighted by molar-refractivity contribution is 0.261. The number of hydrogen-bond acceptors (Lipinski definition) is 2. The third-order valence-electron chi connectivity index (χ3n) is 3.59. The predicted molar refractivity (Wildman–Crippen MR) is 58.4 cm³/mol. The minimum atomic E-state index is 0.370. The second-order valence-electron chi connectivity index (χ2n) is 5.33. The van der Waals surface area contributed by atoms with E-state index in [0.29, 0.717) is 11.3 Å². The van der Waals surface area contributed by atoms with Gasteiger partial charge in [0.2, 0.25) is 0 Å². The molecule has 0 amide bonds. The third-order valence-corrected chi connectivity index (χ3v) is 3.59. The Morgan fingerprint density at radius 3 is 2.71 bits per heavy atom. The number of nitrogens with one attached hydrogen (secondary N) is 1. The monoisotopic (exact) mass is 195 g/mol. The van der Waals surface area contributed by atoms with Gasteiger partial charge in [0.15, 0.2) is 0 Å². The molecule has 3 heteroatoms. The zero-order valence-electron chi connectivity index (χ0n) is 9.05. The number of amidine groups is 1. The number of rotatable bonds is 4. The molecule has 80 valence electrons. The van der Waals surface area contributed by atoms with Crippen molar-refractivity contribution < 1.29 is 0 Å². The summed E-state index contributed by atoms with van der Waals surface area (Å²) >= 11 is 0. The molecule has 2 aliphatic rings. The van der Waals surface area contributed by atoms with Gasteiger partial charge in [0.05, 0.1) is 5.84 Å². The van der Waals surface area contributed by atoms with Gasteiger partial charge in [-0.15, -0.1) is 0 Å². The van der Waals surface area contributed by atoms with Crippen LogP contribution in [0.3, 0.4) is 0 Å². The van der Waals surface area contributed by atoms with Gasteiger partial charge in [0, 0.05) is 19.5 Å². The summed E-state index contributed by atoms with van der Waals surface area (Å²) in [7, 11) is 0. The van der Waals surface area contributed by atoms with Gasteiger partial charge in [0.1, 0.15) is 0 Å². The molecule has 0 aromatic rings. The first-order valence-corrected chi connectivity index (χ1v) is 5.65. The zero-order chi connectivity index (χ0) is 10.2. The lowest BCUT2D eigenvalue weighted by atomic mass is 10.0. The molecular formula is C11H21N3. The molecule has 1 heterocycles. The third kappa shape index (κ3) is 2.27. The van der Waals surface area contributed by atoms with Gasteiger partial charge in [-0.3, -0.25) is 5.41 Å². The molecule has 0 spiro atoms. The van der Waals surface area contributed by atoms with Crippen LogP contribution in [0.1, 0.15) is 32.6 Å². The van der Waals surface area contributed by atoms with Crippen LogP contribution in [0, 0.1) is 16.7 Å². The van der Waals surface area contributed by atoms with Crippen LogP contribution in [0.25, 0.3) is 0 Å². The Morgan fingerprint density at radius 1 is 1.57 bits per heavy atom. The fourth-order valence-corrected chi connectivity index (χ4v) is 2.62. The lowest BCUT2D eigenvalue weighted by Crippen LogP contribution is -2.31. The molecule has 1 atom stereocenters. The van der Waals surface area contributed by atoms with Crippen LogP contribution in [-0.2, 0) is 0 Å². The molecule has 1 saturated carbocycles. The van der Waals surface area contributed by atoms with E-state index in [1.807, 2.05) is 0 Å². The SMILES string of the molecule is CC1CCN(CC2(CC(=N)N)CC2)C1. The van der Waals surface area contributed by atoms with Crippen molar-refractivity contribution in [3.63, 3.8) is 0 Å². The minimum Gasteiger partial charge on any atom is -0.388 e. The van der Waals surface area contributed by atoms with Gasteiger partial charge in [-0.25, -0.2) is 0 Å². The van der Waals surface area contributed by atoms with Gasteiger partial charge >= 0.3 is 0 Å². The van der Waals surface area contributed by atoms with Crippen LogP contribution < -0.4 is 5.73 Å². The molecule has 0 aromatic carbocycles. The smallest absolute Gasteiger partial charge is 0.0911 e. The van der Waals surface area contributed by atoms with Gasteiger partial charge in [0.25, 0.3) is 0 Å². The summed E-state index contributed by atoms with van der Waals surface area (Å²) < 4.78 is 0. The van der Waals surface area contributed by atoms with Crippen LogP contribution in [-0.4, -0.2) is 30.4 Å². The first-order valence-electron chi connectivity index (χ1n) is 5.65. The second-order valence-corrected chi connectivity index (χ2v) is 5.33. The highest BCUT2D eigenvalue weighted by atomic mass is 15.2. The first-order chi connectivity index (χ1) is 6.60. The van der Waals surface area contributed by atoms with Crippen molar-refractivity contribution in [2.75, 3.05) is 19.6 Å². The summed E-state index contributed by atoms with van der Waals surface area (Å²) in [5.74, 6) is 1.23. The van der Waals surface area contributed by atoms with Crippen molar-refractivity contribution in [3.8, 4) is 0 Å². The fourth-order valence-electron chi connectivity index (χ4n) is 2.62. The normalized spacial score (nSPS) is 30.5. The van der Waals surface area contributed by atoms with Crippen molar-refractivity contribution in [2.24, 2.45) is 17.1 Å². The average Bonchev–Trinajstić information content (AvgIpc) is 2.67. The Kier molecular flexibility index (Phi) is 2.52. The summed E-state index contributed by atoms with van der Waals surface area (Å²) in [6, 6.07) is 0. The number of likely N-dealkylation sites (tertiary alicyclic amines) is 1. The van der Waals surface area contributed by atoms with Gasteiger partial charge in [-0.1, -0.05) is 6.92 Å². The highest BCUT2D eigenvalue weighted by molar-refractivity contribution is 5.78. The molecule has 0 radical (unpaired) electrons. The van der Waals surface area contributed by atoms with Gasteiger partial charge in [-0.2, -0.15) is 0 Å². The summed E-state index contributed by atoms with van der Waals surface area (Å²) in [5, 5.41) is 7.36. The van der Waals surface area contributed by atoms with E-state index >= 15 is 0 Å². The molecule has 1 saturated heterocycles. The largest absolute Gasteiger partial charge is 0.388 e. The van der Waals surface area contributed by atoms with E-state index < -0.39 is 0 Å². The molecule has 2 rings (SSSR count). The summed E-state index contributed by atoms with van der Waals surface area (Å²) in [5.41, 5.74) is 5.88. The maximum atomic E-state index is 7.36. The zero-order valence-corrected chi connectivity index (χ0v) is 9.05. The average molecular weight is 195 g/mol. The molecule has 3 N–H and O–H groups in total. The Balaban J connectivity index is 1.82. The molecule has 0 bridgehead atoms. The fraction of sp³-hybridized carbons (Fsp3) is 0.909. The summed E-state index contributed by atoms with van der Waals surface area (Å²) in [6.45, 7) is 6.00. The first kappa shape index (κ1) is 9.97. The van der Waals surface area contributed by atoms with Crippen molar-refractivity contribution in [3.05, 3.63) is 0 Å². The summed E-state index contributed by atoms with van der Waals surface area (Å²) in [6.07, 6.45) is 4.71. The standard InChI is InChI=1S/C11H21N3/c1-9-2-5-14(7-9)8-11(3-4-11)6-10(12)13/h9H,2-8H2,1H3,(H3,12,13). The highest BCUT2D eigenvalue weighted by Gasteiger charge is 2.44. The Hall–Kier alpha value is -0.570. The molecule has 1 aliphatic carbocycles. The predicted octanol–water partition coefficient (Wildman–Crippen LogP) is 1.43. The van der Waals surface area contributed by atoms with Crippen molar-refractivity contribution >= 4 is 5.84 Å². The van der Waals surface area contributed by atoms with E-state index in [2.05, 4.69) is 11.8 Å². The number of nitrogens with two attached hydrogens (primary N) is 1. The maximum absolute atomic E-state index is 7.36. The van der Waals surface area contributed by atoms with E-state index in [1.54, 1.807) is 0 Å². The summed E-state index contributed by atoms with van der Waals surface area (Å²) in [4.78, 5) is 2.56. The van der Waals surface area contributed by atoms with E-state index in [1.165, 1.54) is 38.9 Å². The van der Waals surface area contributed by atoms with Crippen molar-refractivity contribution in [1.29, 1.82) is 5.41 Å². The van der Waals surface area contributed by atoms with E-state index in [-0.39, 0.29) is 0 Å². The van der Waals surface area contributed by atoms with Gasteiger partial charge < -0.3 is 10.6 Å². The van der Waals surface area contributed by atoms with Crippen molar-refractivity contribution in [2.45, 2.75) is 32.6 Å². The molecule has 1 aliphatic heterocycles. The van der Waals surface area contributed by atoms with Gasteiger partial charge in [-0.05, 0) is 37.1 Å². The van der Waals surface area contributed by atoms with E-state index in [4.69, 9.17) is 11.1 Å². The molecular weight excluding hydrogens is 174 g/mol. The highest BCUT2D eigenvalue weighted by Crippen LogP contribution is 2.49. The van der Waals surface area contributed by atoms with Crippen LogP contribution in [0.15, 0.2) is 0 Å². The van der Waals surface area contributed by atoms with Crippen LogP contribution in [0.5, 0.6) is 0 Å². The lowest BCUT2D eigenvalue weighted by Gasteiger charge is -2.22. The van der Waals surface area contributed by atoms with Crippen molar-refractivity contribution in [1.82, 2.24) is 4.90 Å². The second kappa shape index (κ2) is 3.54. The topological polar surface area (TPSA) is 53.1 Å². The van der Waals surface area contributed by atoms with Crippen LogP contribution in [0.2, 0.25) is 0 Å². The molecule has 3 nitrogen and oxygen atoms in total. The Morgan fingerprint density at radius 2 is 2.29 bits per heavy atom. The number of nitrogens with zero attached hydrogens (tertiary/aromatic N) is 1. The van der Waals surface area contributed by atoms with Crippen LogP contribution >= 0.6 is 0 Å². The quantitative estimate of drug-likeness (QED) is 0.527. The van der Waals surface area contributed by atoms with Crippen LogP contribution in [0.4, 0.5) is 0 Å². The Bertz CT molecular complexity index is 233. The Labute approximate surface area is 86.2 Å². The number of hydrogen-bond donors (Lipinski definition) is 2. The molecule has 2 fully saturated rings. The minimum absolute atomic E-state index is 0.370. The molecule has 1 unspecified atom stereocenters. The molecule has 0 aromatic heterocycles. The maximum Gasteiger partial charge on any atom is 0.0911 e. The van der Waals surface area contributed by atoms with E-state index in [9.17, 15) is 0 Å². The molecule has 14 heavy (non-hydrogen) atoms.